The number of aromatic nitrogens is 1. The Balaban J connectivity index is 1.18. The number of aryl methyl sites for hydroxylation is 1. The maximum Gasteiger partial charge on any atom is 0.418 e. The van der Waals surface area contributed by atoms with Crippen molar-refractivity contribution in [3.8, 4) is 5.75 Å². The number of ether oxygens (including phenoxy) is 1. The summed E-state index contributed by atoms with van der Waals surface area (Å²) in [6.07, 6.45) is 2.28. The van der Waals surface area contributed by atoms with Crippen LogP contribution in [0.25, 0.3) is 0 Å². The van der Waals surface area contributed by atoms with Crippen LogP contribution in [0.2, 0.25) is 0 Å². The molecule has 6 atom stereocenters. The monoisotopic (exact) mass is 735 g/mol. The number of fused-ring (bicyclic) bond motifs is 2. The van der Waals surface area contributed by atoms with Crippen LogP contribution in [0.3, 0.4) is 0 Å². The largest absolute Gasteiger partial charge is 0.485 e. The SMILES string of the molecule is CC1(C)[C@H](NC(=O)/C(=N\O[C@](C)(C(=O)O)[C@H]2CCc3cc(C(N)=N[C@@H]4C[C@]5(CCO)CC45)ccc3O2)c2csc(N)n2)C(=O)N1OS(=O)(=O)O. The summed E-state index contributed by atoms with van der Waals surface area (Å²) < 4.78 is 41.8. The number of aliphatic imine (C=N–C) groups is 1. The zero-order valence-electron chi connectivity index (χ0n) is 27.2. The number of nitrogen functional groups attached to an aromatic ring is 1. The molecule has 1 aromatic carbocycles. The molecule has 0 spiro atoms. The predicted octanol–water partition coefficient (Wildman–Crippen LogP) is 0.389. The maximum absolute atomic E-state index is 13.5. The topological polar surface area (TPSA) is 279 Å². The van der Waals surface area contributed by atoms with Crippen LogP contribution in [-0.4, -0.2) is 98.5 Å². The summed E-state index contributed by atoms with van der Waals surface area (Å²) in [6.45, 7) is 4.15. The number of carboxylic acids is 1. The lowest BCUT2D eigenvalue weighted by Crippen LogP contribution is -2.76. The number of benzene rings is 1. The van der Waals surface area contributed by atoms with E-state index in [4.69, 9.17) is 30.6 Å². The van der Waals surface area contributed by atoms with Gasteiger partial charge in [0.2, 0.25) is 0 Å². The van der Waals surface area contributed by atoms with E-state index in [9.17, 15) is 33.0 Å². The van der Waals surface area contributed by atoms with Crippen molar-refractivity contribution in [3.05, 3.63) is 40.4 Å². The molecule has 2 aromatic rings. The van der Waals surface area contributed by atoms with Crippen LogP contribution in [0.1, 0.15) is 63.3 Å². The molecule has 1 aromatic heterocycles. The molecule has 8 N–H and O–H groups in total. The number of aliphatic carboxylic acids is 1. The average molecular weight is 736 g/mol. The van der Waals surface area contributed by atoms with Gasteiger partial charge in [0.1, 0.15) is 23.3 Å². The van der Waals surface area contributed by atoms with Crippen LogP contribution in [0.15, 0.2) is 33.7 Å². The normalized spacial score (nSPS) is 28.2. The number of hydrogen-bond acceptors (Lipinski definition) is 14. The Bertz CT molecular complexity index is 1920. The van der Waals surface area contributed by atoms with Crippen LogP contribution in [0.5, 0.6) is 5.75 Å². The van der Waals surface area contributed by atoms with Crippen molar-refractivity contribution in [2.75, 3.05) is 12.3 Å². The van der Waals surface area contributed by atoms with Crippen molar-refractivity contribution in [2.24, 2.45) is 27.2 Å². The Labute approximate surface area is 290 Å². The highest BCUT2D eigenvalue weighted by atomic mass is 32.3. The zero-order valence-corrected chi connectivity index (χ0v) is 28.9. The van der Waals surface area contributed by atoms with Crippen molar-refractivity contribution in [1.29, 1.82) is 0 Å². The number of nitrogens with two attached hydrogens (primary N) is 2. The summed E-state index contributed by atoms with van der Waals surface area (Å²) in [5.74, 6) is -2.19. The number of nitrogens with zero attached hydrogens (tertiary/aromatic N) is 4. The standard InChI is InChI=1S/C30H37N7O11S2/c1-28(2)22(25(40)37(28)48-50(43,44)45)35-24(39)21(18-13-49-27(32)34-18)36-47-29(3,26(41)42)20-7-5-14-10-15(4-6-19(14)46-20)23(31)33-17-12-30(8-9-38)11-16(17)30/h4,6,10,13,16-17,20,22,38H,5,7-9,11-12H2,1-3H3,(H2,31,33)(H2,32,34)(H,35,39)(H,41,42)(H,43,44,45)/b36-21-/t16?,17-,20-,22-,29+,30+/m1/s1. The molecule has 2 aliphatic heterocycles. The lowest BCUT2D eigenvalue weighted by atomic mass is 9.78. The summed E-state index contributed by atoms with van der Waals surface area (Å²) >= 11 is 0.963. The predicted molar refractivity (Wildman–Crippen MR) is 176 cm³/mol. The van der Waals surface area contributed by atoms with E-state index in [2.05, 4.69) is 19.7 Å². The first kappa shape index (κ1) is 35.5. The molecule has 270 valence electrons. The Kier molecular flexibility index (Phi) is 8.82. The molecule has 0 radical (unpaired) electrons. The lowest BCUT2D eigenvalue weighted by Gasteiger charge is -2.50. The fraction of sp³-hybridized carbons (Fsp3) is 0.533. The first-order valence-corrected chi connectivity index (χ1v) is 17.9. The maximum atomic E-state index is 13.5. The van der Waals surface area contributed by atoms with Gasteiger partial charge in [0.25, 0.3) is 17.4 Å². The Morgan fingerprint density at radius 2 is 2.04 bits per heavy atom. The van der Waals surface area contributed by atoms with Crippen molar-refractivity contribution >= 4 is 56.2 Å². The second-order valence-electron chi connectivity index (χ2n) is 13.6. The molecule has 2 saturated carbocycles. The smallest absolute Gasteiger partial charge is 0.418 e. The van der Waals surface area contributed by atoms with Crippen LogP contribution in [0.4, 0.5) is 5.13 Å². The number of β-lactam (4-membered cyclic amide) rings is 1. The van der Waals surface area contributed by atoms with Gasteiger partial charge in [0, 0.05) is 17.6 Å². The number of aliphatic hydroxyl groups excluding tert-OH is 1. The highest BCUT2D eigenvalue weighted by molar-refractivity contribution is 7.80. The number of hydroxylamine groups is 2. The summed E-state index contributed by atoms with van der Waals surface area (Å²) in [7, 11) is -5.03. The van der Waals surface area contributed by atoms with E-state index < -0.39 is 57.2 Å². The van der Waals surface area contributed by atoms with Crippen LogP contribution >= 0.6 is 11.3 Å². The number of amides is 2. The number of hydrogen-bond donors (Lipinski definition) is 6. The summed E-state index contributed by atoms with van der Waals surface area (Å²) in [5.41, 5.74) is 9.68. The van der Waals surface area contributed by atoms with Crippen LogP contribution in [0, 0.1) is 11.3 Å². The van der Waals surface area contributed by atoms with Gasteiger partial charge in [0.15, 0.2) is 16.9 Å². The molecular formula is C30H37N7O11S2. The third-order valence-electron chi connectivity index (χ3n) is 10.0. The van der Waals surface area contributed by atoms with Gasteiger partial charge in [-0.15, -0.1) is 15.6 Å². The fourth-order valence-electron chi connectivity index (χ4n) is 6.89. The third-order valence-corrected chi connectivity index (χ3v) is 11.0. The van der Waals surface area contributed by atoms with E-state index in [1.807, 2.05) is 6.07 Å². The molecule has 3 heterocycles. The number of amidine groups is 1. The zero-order chi connectivity index (χ0) is 36.4. The minimum absolute atomic E-state index is 0.0570. The number of carbonyl (C=O) groups excluding carboxylic acids is 2. The molecule has 0 bridgehead atoms. The minimum atomic E-state index is -5.03. The van der Waals surface area contributed by atoms with Crippen LogP contribution < -0.4 is 21.5 Å². The van der Waals surface area contributed by atoms with E-state index in [0.29, 0.717) is 34.6 Å². The van der Waals surface area contributed by atoms with Gasteiger partial charge < -0.3 is 36.6 Å². The average Bonchev–Trinajstić information content (AvgIpc) is 3.39. The van der Waals surface area contributed by atoms with Crippen molar-refractivity contribution < 1.29 is 51.4 Å². The van der Waals surface area contributed by atoms with E-state index in [1.165, 1.54) is 26.2 Å². The van der Waals surface area contributed by atoms with Gasteiger partial charge in [-0.25, -0.2) is 9.78 Å². The highest BCUT2D eigenvalue weighted by Gasteiger charge is 2.66. The third kappa shape index (κ3) is 6.36. The molecule has 50 heavy (non-hydrogen) atoms. The second kappa shape index (κ2) is 12.4. The van der Waals surface area contributed by atoms with E-state index in [0.717, 1.165) is 36.2 Å². The van der Waals surface area contributed by atoms with Crippen molar-refractivity contribution in [3.63, 3.8) is 0 Å². The van der Waals surface area contributed by atoms with Crippen LogP contribution in [-0.2, 0) is 40.3 Å². The quantitative estimate of drug-likeness (QED) is 0.0534. The number of rotatable bonds is 13. The fourth-order valence-corrected chi connectivity index (χ4v) is 7.89. The van der Waals surface area contributed by atoms with Gasteiger partial charge >= 0.3 is 16.4 Å². The number of carboxylic acid groups (broad SMARTS) is 1. The first-order valence-electron chi connectivity index (χ1n) is 15.7. The molecule has 18 nitrogen and oxygen atoms in total. The summed E-state index contributed by atoms with van der Waals surface area (Å²) in [5, 5.41) is 27.7. The molecule has 1 saturated heterocycles. The number of aliphatic hydroxyl groups is 1. The van der Waals surface area contributed by atoms with Gasteiger partial charge in [0.05, 0.1) is 11.6 Å². The van der Waals surface area contributed by atoms with Crippen molar-refractivity contribution in [2.45, 2.75) is 82.2 Å². The number of oxime groups is 1. The van der Waals surface area contributed by atoms with E-state index >= 15 is 0 Å². The molecule has 20 heteroatoms. The van der Waals surface area contributed by atoms with Gasteiger partial charge in [-0.2, -0.15) is 13.5 Å². The lowest BCUT2D eigenvalue weighted by molar-refractivity contribution is -0.218. The number of anilines is 1. The Hall–Kier alpha value is -4.37. The van der Waals surface area contributed by atoms with E-state index in [-0.39, 0.29) is 35.3 Å². The second-order valence-corrected chi connectivity index (χ2v) is 15.5. The van der Waals surface area contributed by atoms with Gasteiger partial charge in [-0.05, 0) is 88.0 Å². The first-order chi connectivity index (χ1) is 23.4. The molecule has 6 rings (SSSR count). The molecule has 2 aliphatic carbocycles. The highest BCUT2D eigenvalue weighted by Crippen LogP contribution is 2.70. The molecule has 3 fully saturated rings. The Morgan fingerprint density at radius 3 is 2.64 bits per heavy atom. The van der Waals surface area contributed by atoms with Crippen molar-refractivity contribution in [1.82, 2.24) is 15.4 Å². The van der Waals surface area contributed by atoms with E-state index in [1.54, 1.807) is 12.1 Å². The Morgan fingerprint density at radius 1 is 1.30 bits per heavy atom. The molecule has 4 aliphatic rings. The number of carbonyl (C=O) groups is 3. The van der Waals surface area contributed by atoms with Gasteiger partial charge in [-0.3, -0.25) is 19.1 Å². The van der Waals surface area contributed by atoms with Gasteiger partial charge in [-0.1, -0.05) is 5.16 Å². The number of nitrogens with one attached hydrogen (secondary N) is 1. The molecular weight excluding hydrogens is 699 g/mol. The number of thiazole rings is 1. The molecule has 2 amide bonds. The molecule has 1 unspecified atom stereocenters. The minimum Gasteiger partial charge on any atom is -0.485 e. The summed E-state index contributed by atoms with van der Waals surface area (Å²) in [4.78, 5) is 53.1. The summed E-state index contributed by atoms with van der Waals surface area (Å²) in [6, 6.07) is 4.07.